The molecule has 0 unspecified atom stereocenters. The number of carbonyl (C=O) groups is 1. The molecule has 1 N–H and O–H groups in total. The minimum Gasteiger partial charge on any atom is -0.482 e. The minimum atomic E-state index is -4.44. The molecule has 2 rings (SSSR count). The smallest absolute Gasteiger partial charge is 0.422 e. The lowest BCUT2D eigenvalue weighted by Gasteiger charge is -2.14. The Morgan fingerprint density at radius 3 is 2.78 bits per heavy atom. The van der Waals surface area contributed by atoms with Crippen molar-refractivity contribution in [2.24, 2.45) is 0 Å². The molecule has 122 valence electrons. The molecular formula is C16H14F3NO2S. The number of nitrogens with one attached hydrogen (secondary N) is 1. The zero-order chi connectivity index (χ0) is 16.9. The van der Waals surface area contributed by atoms with Crippen LogP contribution in [0.4, 0.5) is 18.9 Å². The third kappa shape index (κ3) is 5.78. The molecule has 0 radical (unpaired) electrons. The van der Waals surface area contributed by atoms with Crippen LogP contribution in [0.25, 0.3) is 6.08 Å². The highest BCUT2D eigenvalue weighted by Crippen LogP contribution is 2.28. The molecule has 0 spiro atoms. The average Bonchev–Trinajstić information content (AvgIpc) is 2.98. The summed E-state index contributed by atoms with van der Waals surface area (Å²) in [6.07, 6.45) is -1.50. The molecule has 0 bridgehead atoms. The molecule has 1 aromatic heterocycles. The number of rotatable bonds is 5. The van der Waals surface area contributed by atoms with E-state index in [0.717, 1.165) is 11.1 Å². The molecule has 1 aromatic carbocycles. The van der Waals surface area contributed by atoms with Crippen LogP contribution in [0.2, 0.25) is 0 Å². The summed E-state index contributed by atoms with van der Waals surface area (Å²) in [5, 5.41) is 6.27. The lowest BCUT2D eigenvalue weighted by Crippen LogP contribution is -2.20. The fraction of sp³-hybridized carbons (Fsp3) is 0.188. The molecule has 0 aliphatic rings. The first-order valence-corrected chi connectivity index (χ1v) is 7.59. The normalized spacial score (nSPS) is 11.7. The van der Waals surface area contributed by atoms with Gasteiger partial charge in [0.15, 0.2) is 6.61 Å². The largest absolute Gasteiger partial charge is 0.482 e. The van der Waals surface area contributed by atoms with Crippen molar-refractivity contribution in [2.45, 2.75) is 13.1 Å². The van der Waals surface area contributed by atoms with Gasteiger partial charge in [-0.25, -0.2) is 0 Å². The summed E-state index contributed by atoms with van der Waals surface area (Å²) < 4.78 is 41.6. The molecule has 0 aliphatic heterocycles. The third-order valence-corrected chi connectivity index (χ3v) is 3.46. The Kier molecular flexibility index (Phi) is 5.44. The molecule has 0 atom stereocenters. The van der Waals surface area contributed by atoms with Crippen LogP contribution in [0.5, 0.6) is 5.75 Å². The first-order valence-electron chi connectivity index (χ1n) is 6.65. The van der Waals surface area contributed by atoms with Crippen LogP contribution in [0.15, 0.2) is 41.1 Å². The monoisotopic (exact) mass is 341 g/mol. The van der Waals surface area contributed by atoms with Crippen LogP contribution in [-0.2, 0) is 4.79 Å². The fourth-order valence-corrected chi connectivity index (χ4v) is 2.36. The van der Waals surface area contributed by atoms with Gasteiger partial charge in [-0.1, -0.05) is 6.07 Å². The summed E-state index contributed by atoms with van der Waals surface area (Å²) in [6, 6.07) is 6.48. The van der Waals surface area contributed by atoms with Gasteiger partial charge >= 0.3 is 6.18 Å². The van der Waals surface area contributed by atoms with Crippen molar-refractivity contribution in [1.82, 2.24) is 0 Å². The second kappa shape index (κ2) is 7.32. The Hall–Kier alpha value is -2.28. The number of carbonyl (C=O) groups excluding carboxylic acids is 1. The summed E-state index contributed by atoms with van der Waals surface area (Å²) in [4.78, 5) is 11.9. The van der Waals surface area contributed by atoms with Gasteiger partial charge in [0.25, 0.3) is 0 Å². The highest BCUT2D eigenvalue weighted by molar-refractivity contribution is 7.08. The maximum Gasteiger partial charge on any atom is 0.422 e. The SMILES string of the molecule is Cc1ccc(NC(=O)/C=C/c2ccsc2)c(OCC(F)(F)F)c1. The minimum absolute atomic E-state index is 0.0143. The van der Waals surface area contributed by atoms with Gasteiger partial charge in [-0.05, 0) is 53.1 Å². The van der Waals surface area contributed by atoms with Gasteiger partial charge in [0.2, 0.25) is 5.91 Å². The number of alkyl halides is 3. The van der Waals surface area contributed by atoms with E-state index in [2.05, 4.69) is 5.32 Å². The highest BCUT2D eigenvalue weighted by Gasteiger charge is 2.28. The van der Waals surface area contributed by atoms with Crippen LogP contribution in [0, 0.1) is 6.92 Å². The summed E-state index contributed by atoms with van der Waals surface area (Å²) in [5.74, 6) is -0.462. The van der Waals surface area contributed by atoms with Gasteiger partial charge in [-0.3, -0.25) is 4.79 Å². The molecule has 23 heavy (non-hydrogen) atoms. The van der Waals surface area contributed by atoms with Crippen molar-refractivity contribution >= 4 is 29.0 Å². The number of hydrogen-bond donors (Lipinski definition) is 1. The molecule has 0 fully saturated rings. The first-order chi connectivity index (χ1) is 10.8. The maximum absolute atomic E-state index is 12.3. The van der Waals surface area contributed by atoms with Crippen molar-refractivity contribution in [2.75, 3.05) is 11.9 Å². The molecule has 3 nitrogen and oxygen atoms in total. The number of hydrogen-bond acceptors (Lipinski definition) is 3. The number of thiophene rings is 1. The van der Waals surface area contributed by atoms with E-state index in [1.807, 2.05) is 16.8 Å². The second-order valence-electron chi connectivity index (χ2n) is 4.78. The van der Waals surface area contributed by atoms with Crippen LogP contribution in [0.1, 0.15) is 11.1 Å². The van der Waals surface area contributed by atoms with E-state index in [4.69, 9.17) is 4.74 Å². The summed E-state index contributed by atoms with van der Waals surface area (Å²) in [6.45, 7) is 0.312. The van der Waals surface area contributed by atoms with Crippen molar-refractivity contribution in [3.63, 3.8) is 0 Å². The quantitative estimate of drug-likeness (QED) is 0.804. The molecule has 0 aliphatic carbocycles. The highest BCUT2D eigenvalue weighted by atomic mass is 32.1. The first kappa shape index (κ1) is 17.1. The number of anilines is 1. The van der Waals surface area contributed by atoms with Gasteiger partial charge in [0.05, 0.1) is 5.69 Å². The van der Waals surface area contributed by atoms with Crippen LogP contribution in [0.3, 0.4) is 0 Å². The topological polar surface area (TPSA) is 38.3 Å². The van der Waals surface area contributed by atoms with E-state index in [1.54, 1.807) is 19.1 Å². The van der Waals surface area contributed by atoms with Gasteiger partial charge in [0.1, 0.15) is 5.75 Å². The molecule has 1 heterocycles. The lowest BCUT2D eigenvalue weighted by atomic mass is 10.2. The summed E-state index contributed by atoms with van der Waals surface area (Å²) >= 11 is 1.50. The Balaban J connectivity index is 2.07. The Labute approximate surface area is 135 Å². The third-order valence-electron chi connectivity index (χ3n) is 2.76. The zero-order valence-corrected chi connectivity index (χ0v) is 13.0. The van der Waals surface area contributed by atoms with Crippen molar-refractivity contribution < 1.29 is 22.7 Å². The molecule has 2 aromatic rings. The van der Waals surface area contributed by atoms with Gasteiger partial charge in [-0.2, -0.15) is 24.5 Å². The van der Waals surface area contributed by atoms with E-state index in [0.29, 0.717) is 0 Å². The molecule has 0 saturated heterocycles. The maximum atomic E-state index is 12.3. The van der Waals surface area contributed by atoms with E-state index in [-0.39, 0.29) is 11.4 Å². The van der Waals surface area contributed by atoms with E-state index >= 15 is 0 Å². The average molecular weight is 341 g/mol. The molecule has 7 heteroatoms. The Morgan fingerprint density at radius 2 is 2.13 bits per heavy atom. The number of amides is 1. The van der Waals surface area contributed by atoms with Crippen LogP contribution in [-0.4, -0.2) is 18.7 Å². The van der Waals surface area contributed by atoms with Gasteiger partial charge < -0.3 is 10.1 Å². The van der Waals surface area contributed by atoms with Crippen molar-refractivity contribution in [3.8, 4) is 5.75 Å². The van der Waals surface area contributed by atoms with Crippen LogP contribution >= 0.6 is 11.3 Å². The number of benzene rings is 1. The number of ether oxygens (including phenoxy) is 1. The van der Waals surface area contributed by atoms with Gasteiger partial charge in [0, 0.05) is 6.08 Å². The van der Waals surface area contributed by atoms with Crippen molar-refractivity contribution in [3.05, 3.63) is 52.2 Å². The van der Waals surface area contributed by atoms with E-state index in [1.165, 1.54) is 29.5 Å². The van der Waals surface area contributed by atoms with E-state index in [9.17, 15) is 18.0 Å². The predicted octanol–water partition coefficient (Wildman–Crippen LogP) is 4.65. The lowest BCUT2D eigenvalue weighted by molar-refractivity contribution is -0.153. The van der Waals surface area contributed by atoms with Crippen LogP contribution < -0.4 is 10.1 Å². The molecular weight excluding hydrogens is 327 g/mol. The predicted molar refractivity (Wildman–Crippen MR) is 84.7 cm³/mol. The number of aryl methyl sites for hydroxylation is 1. The standard InChI is InChI=1S/C16H14F3NO2S/c1-11-2-4-13(14(8-11)22-10-16(17,18)19)20-15(21)5-3-12-6-7-23-9-12/h2-9H,10H2,1H3,(H,20,21)/b5-3+. The van der Waals surface area contributed by atoms with Gasteiger partial charge in [-0.15, -0.1) is 0 Å². The second-order valence-corrected chi connectivity index (χ2v) is 5.56. The summed E-state index contributed by atoms with van der Waals surface area (Å²) in [5.41, 5.74) is 1.80. The zero-order valence-electron chi connectivity index (χ0n) is 12.2. The van der Waals surface area contributed by atoms with Crippen molar-refractivity contribution in [1.29, 1.82) is 0 Å². The molecule has 0 saturated carbocycles. The number of halogens is 3. The molecule has 1 amide bonds. The van der Waals surface area contributed by atoms with E-state index < -0.39 is 18.7 Å². The Bertz CT molecular complexity index is 694. The fourth-order valence-electron chi connectivity index (χ4n) is 1.73. The Morgan fingerprint density at radius 1 is 1.35 bits per heavy atom. The summed E-state index contributed by atoms with van der Waals surface area (Å²) in [7, 11) is 0.